The maximum atomic E-state index is 12.3. The van der Waals surface area contributed by atoms with Crippen LogP contribution in [0.2, 0.25) is 8.67 Å². The molecular weight excluding hydrogens is 387 g/mol. The van der Waals surface area contributed by atoms with Crippen LogP contribution in [0.3, 0.4) is 0 Å². The van der Waals surface area contributed by atoms with Crippen molar-refractivity contribution in [3.05, 3.63) is 14.7 Å². The molecule has 132 valence electrons. The molecule has 0 aliphatic heterocycles. The van der Waals surface area contributed by atoms with Gasteiger partial charge in [0, 0.05) is 6.61 Å². The van der Waals surface area contributed by atoms with Gasteiger partial charge >= 0.3 is 5.97 Å². The predicted octanol–water partition coefficient (Wildman–Crippen LogP) is 1.98. The molecule has 0 aromatic carbocycles. The summed E-state index contributed by atoms with van der Waals surface area (Å²) >= 11 is 12.5. The van der Waals surface area contributed by atoms with E-state index in [1.807, 2.05) is 6.92 Å². The van der Waals surface area contributed by atoms with Gasteiger partial charge in [0.2, 0.25) is 15.7 Å². The molecule has 0 fully saturated rings. The third-order valence-corrected chi connectivity index (χ3v) is 5.78. The summed E-state index contributed by atoms with van der Waals surface area (Å²) in [6.45, 7) is 3.18. The summed E-state index contributed by atoms with van der Waals surface area (Å²) in [4.78, 5) is 11.8. The number of esters is 1. The number of carbonyl (C=O) groups excluding carboxylic acids is 1. The summed E-state index contributed by atoms with van der Waals surface area (Å²) in [5.41, 5.74) is 3.94. The van der Waals surface area contributed by atoms with Gasteiger partial charge in [-0.2, -0.15) is 0 Å². The first-order valence-electron chi connectivity index (χ1n) is 6.70. The molecule has 3 N–H and O–H groups in total. The van der Waals surface area contributed by atoms with Gasteiger partial charge < -0.3 is 9.47 Å². The normalized spacial score (nSPS) is 14.5. The number of carbonyl (C=O) groups is 1. The van der Waals surface area contributed by atoms with Gasteiger partial charge in [-0.05, 0) is 19.4 Å². The van der Waals surface area contributed by atoms with Gasteiger partial charge in [0.15, 0.2) is 0 Å². The maximum absolute atomic E-state index is 12.3. The lowest BCUT2D eigenvalue weighted by molar-refractivity contribution is -0.170. The van der Waals surface area contributed by atoms with E-state index in [0.717, 1.165) is 11.3 Å². The molecule has 0 spiro atoms. The van der Waals surface area contributed by atoms with Crippen LogP contribution in [0.25, 0.3) is 0 Å². The highest BCUT2D eigenvalue weighted by Crippen LogP contribution is 2.34. The summed E-state index contributed by atoms with van der Waals surface area (Å²) in [5, 5.41) is 0. The van der Waals surface area contributed by atoms with Crippen LogP contribution in [-0.4, -0.2) is 39.9 Å². The number of rotatable bonds is 9. The minimum absolute atomic E-state index is 0.00994. The van der Waals surface area contributed by atoms with Crippen LogP contribution in [0.1, 0.15) is 20.3 Å². The molecule has 11 heteroatoms. The second-order valence-corrected chi connectivity index (χ2v) is 8.49. The molecular formula is C12H18Cl2N2O5S2. The van der Waals surface area contributed by atoms with Gasteiger partial charge in [0.05, 0.1) is 17.5 Å². The molecule has 0 bridgehead atoms. The lowest BCUT2D eigenvalue weighted by atomic mass is 10.2. The third-order valence-electron chi connectivity index (χ3n) is 2.62. The van der Waals surface area contributed by atoms with Crippen molar-refractivity contribution in [2.45, 2.75) is 30.9 Å². The zero-order valence-electron chi connectivity index (χ0n) is 12.6. The van der Waals surface area contributed by atoms with Gasteiger partial charge in [-0.3, -0.25) is 5.73 Å². The minimum Gasteiger partial charge on any atom is -0.463 e. The van der Waals surface area contributed by atoms with Crippen molar-refractivity contribution < 1.29 is 22.7 Å². The molecule has 1 aromatic rings. The molecule has 0 saturated carbocycles. The molecule has 1 unspecified atom stereocenters. The van der Waals surface area contributed by atoms with Crippen molar-refractivity contribution in [3.8, 4) is 0 Å². The van der Waals surface area contributed by atoms with E-state index in [4.69, 9.17) is 38.4 Å². The molecule has 0 radical (unpaired) electrons. The first-order valence-corrected chi connectivity index (χ1v) is 9.76. The van der Waals surface area contributed by atoms with Gasteiger partial charge in [0.25, 0.3) is 0 Å². The predicted molar refractivity (Wildman–Crippen MR) is 89.3 cm³/mol. The molecule has 0 amide bonds. The third kappa shape index (κ3) is 5.56. The fraction of sp³-hybridized carbons (Fsp3) is 0.583. The molecule has 1 rings (SSSR count). The fourth-order valence-corrected chi connectivity index (χ4v) is 4.72. The number of thiophene rings is 1. The molecule has 0 saturated heterocycles. The van der Waals surface area contributed by atoms with Crippen molar-refractivity contribution in [1.82, 2.24) is 4.72 Å². The van der Waals surface area contributed by atoms with Crippen LogP contribution >= 0.6 is 34.5 Å². The number of hydrogen-bond acceptors (Lipinski definition) is 7. The Morgan fingerprint density at radius 3 is 2.57 bits per heavy atom. The van der Waals surface area contributed by atoms with Gasteiger partial charge in [0.1, 0.15) is 9.23 Å². The van der Waals surface area contributed by atoms with Crippen LogP contribution < -0.4 is 10.5 Å². The van der Waals surface area contributed by atoms with E-state index in [1.54, 1.807) is 6.92 Å². The molecule has 1 aromatic heterocycles. The lowest BCUT2D eigenvalue weighted by Crippen LogP contribution is -2.58. The lowest BCUT2D eigenvalue weighted by Gasteiger charge is -2.27. The summed E-state index contributed by atoms with van der Waals surface area (Å²) < 4.78 is 37.1. The number of hydrogen-bond donors (Lipinski definition) is 2. The van der Waals surface area contributed by atoms with Crippen molar-refractivity contribution in [2.75, 3.05) is 19.8 Å². The molecule has 0 aliphatic carbocycles. The Hall–Kier alpha value is -0.420. The number of halogens is 2. The first kappa shape index (κ1) is 20.6. The Kier molecular flexibility index (Phi) is 7.72. The maximum Gasteiger partial charge on any atom is 0.355 e. The van der Waals surface area contributed by atoms with E-state index >= 15 is 0 Å². The van der Waals surface area contributed by atoms with Crippen LogP contribution in [0.5, 0.6) is 0 Å². The Morgan fingerprint density at radius 1 is 1.43 bits per heavy atom. The minimum atomic E-state index is -4.00. The van der Waals surface area contributed by atoms with Crippen molar-refractivity contribution >= 4 is 50.5 Å². The molecule has 23 heavy (non-hydrogen) atoms. The van der Waals surface area contributed by atoms with Gasteiger partial charge in [-0.1, -0.05) is 30.1 Å². The molecule has 7 nitrogen and oxygen atoms in total. The summed E-state index contributed by atoms with van der Waals surface area (Å²) in [7, 11) is -4.00. The highest BCUT2D eigenvalue weighted by atomic mass is 35.5. The zero-order chi connectivity index (χ0) is 17.7. The SMILES string of the molecule is CCCOC(N)(CNS(=O)(=O)c1cc(Cl)sc1Cl)C(=O)OCC. The molecule has 0 aliphatic rings. The van der Waals surface area contributed by atoms with E-state index in [9.17, 15) is 13.2 Å². The number of nitrogens with two attached hydrogens (primary N) is 1. The average molecular weight is 405 g/mol. The smallest absolute Gasteiger partial charge is 0.355 e. The van der Waals surface area contributed by atoms with Crippen LogP contribution in [0.15, 0.2) is 11.0 Å². The quantitative estimate of drug-likeness (QED) is 0.481. The Balaban J connectivity index is 2.92. The van der Waals surface area contributed by atoms with Crippen molar-refractivity contribution in [3.63, 3.8) is 0 Å². The number of sulfonamides is 1. The van der Waals surface area contributed by atoms with Crippen molar-refractivity contribution in [1.29, 1.82) is 0 Å². The summed E-state index contributed by atoms with van der Waals surface area (Å²) in [6.07, 6.45) is 0.594. The second kappa shape index (κ2) is 8.61. The molecule has 1 atom stereocenters. The van der Waals surface area contributed by atoms with Crippen molar-refractivity contribution in [2.24, 2.45) is 5.73 Å². The standard InChI is InChI=1S/C12H18Cl2N2O5S2/c1-3-5-21-12(15,11(17)20-4-2)7-16-23(18,19)8-6-9(13)22-10(8)14/h6,16H,3-5,7,15H2,1-2H3. The number of nitrogens with one attached hydrogen (secondary N) is 1. The van der Waals surface area contributed by atoms with E-state index in [1.165, 1.54) is 6.07 Å². The van der Waals surface area contributed by atoms with Crippen LogP contribution in [-0.2, 0) is 24.3 Å². The number of ether oxygens (including phenoxy) is 2. The second-order valence-electron chi connectivity index (χ2n) is 4.47. The first-order chi connectivity index (χ1) is 10.7. The molecule has 1 heterocycles. The largest absolute Gasteiger partial charge is 0.463 e. The van der Waals surface area contributed by atoms with E-state index in [0.29, 0.717) is 6.42 Å². The van der Waals surface area contributed by atoms with Crippen LogP contribution in [0, 0.1) is 0 Å². The Bertz CT molecular complexity index is 650. The monoisotopic (exact) mass is 404 g/mol. The van der Waals surface area contributed by atoms with Crippen LogP contribution in [0.4, 0.5) is 0 Å². The Labute approximate surface area is 149 Å². The van der Waals surface area contributed by atoms with Gasteiger partial charge in [-0.15, -0.1) is 11.3 Å². The highest BCUT2D eigenvalue weighted by Gasteiger charge is 2.38. The van der Waals surface area contributed by atoms with E-state index in [2.05, 4.69) is 4.72 Å². The summed E-state index contributed by atoms with van der Waals surface area (Å²) in [6, 6.07) is 1.21. The topological polar surface area (TPSA) is 108 Å². The van der Waals surface area contributed by atoms with E-state index < -0.39 is 28.3 Å². The highest BCUT2D eigenvalue weighted by molar-refractivity contribution is 7.89. The Morgan fingerprint density at radius 2 is 2.09 bits per heavy atom. The average Bonchev–Trinajstić information content (AvgIpc) is 2.83. The van der Waals surface area contributed by atoms with E-state index in [-0.39, 0.29) is 26.8 Å². The zero-order valence-corrected chi connectivity index (χ0v) is 15.7. The summed E-state index contributed by atoms with van der Waals surface area (Å²) in [5.74, 6) is -0.856. The van der Waals surface area contributed by atoms with Gasteiger partial charge in [-0.25, -0.2) is 17.9 Å². The fourth-order valence-electron chi connectivity index (χ4n) is 1.51.